The number of nitrogens with one attached hydrogen (secondary N) is 1. The van der Waals surface area contributed by atoms with E-state index in [1.54, 1.807) is 29.5 Å². The highest BCUT2D eigenvalue weighted by Gasteiger charge is 2.15. The molecule has 4 aromatic rings. The number of hydrogen-bond acceptors (Lipinski definition) is 5. The van der Waals surface area contributed by atoms with Gasteiger partial charge in [0.2, 0.25) is 0 Å². The Morgan fingerprint density at radius 2 is 1.83 bits per heavy atom. The molecule has 0 saturated heterocycles. The normalized spacial score (nSPS) is 11.0. The predicted octanol–water partition coefficient (Wildman–Crippen LogP) is 7.37. The number of phenols is 1. The summed E-state index contributed by atoms with van der Waals surface area (Å²) in [6.07, 6.45) is 0. The van der Waals surface area contributed by atoms with Crippen molar-refractivity contribution in [3.8, 4) is 5.75 Å². The van der Waals surface area contributed by atoms with Crippen molar-refractivity contribution in [2.24, 2.45) is 0 Å². The van der Waals surface area contributed by atoms with Gasteiger partial charge in [0.05, 0.1) is 25.9 Å². The van der Waals surface area contributed by atoms with Gasteiger partial charge in [-0.25, -0.2) is 4.98 Å². The molecule has 1 amide bonds. The maximum absolute atomic E-state index is 12.5. The summed E-state index contributed by atoms with van der Waals surface area (Å²) in [7, 11) is 0. The number of thiazole rings is 1. The molecule has 0 atom stereocenters. The third-order valence-corrected chi connectivity index (χ3v) is 7.05. The minimum absolute atomic E-state index is 0.0495. The molecular formula is C20H11Cl3N2O2S2. The summed E-state index contributed by atoms with van der Waals surface area (Å²) < 4.78 is 1.96. The first-order valence-corrected chi connectivity index (χ1v) is 11.0. The maximum atomic E-state index is 12.5. The summed E-state index contributed by atoms with van der Waals surface area (Å²) in [6, 6.07) is 15.7. The van der Waals surface area contributed by atoms with Crippen molar-refractivity contribution in [3.63, 3.8) is 0 Å². The molecule has 0 aliphatic carbocycles. The summed E-state index contributed by atoms with van der Waals surface area (Å²) in [4.78, 5) is 17.9. The largest absolute Gasteiger partial charge is 0.504 e. The van der Waals surface area contributed by atoms with Crippen LogP contribution < -0.4 is 5.32 Å². The van der Waals surface area contributed by atoms with E-state index in [9.17, 15) is 9.90 Å². The van der Waals surface area contributed by atoms with Gasteiger partial charge < -0.3 is 10.4 Å². The number of aromatic nitrogens is 1. The Bertz CT molecular complexity index is 1210. The number of halogens is 3. The average Bonchev–Trinajstić information content (AvgIpc) is 3.09. The highest BCUT2D eigenvalue weighted by Crippen LogP contribution is 2.38. The third-order valence-electron chi connectivity index (χ3n) is 3.94. The van der Waals surface area contributed by atoms with Crippen molar-refractivity contribution >= 4 is 79.7 Å². The molecule has 1 heterocycles. The smallest absolute Gasteiger partial charge is 0.255 e. The fourth-order valence-corrected chi connectivity index (χ4v) is 5.39. The van der Waals surface area contributed by atoms with E-state index in [0.29, 0.717) is 15.6 Å². The van der Waals surface area contributed by atoms with Crippen LogP contribution in [0, 0.1) is 0 Å². The van der Waals surface area contributed by atoms with E-state index < -0.39 is 5.91 Å². The van der Waals surface area contributed by atoms with E-state index in [1.165, 1.54) is 23.9 Å². The Morgan fingerprint density at radius 1 is 1.03 bits per heavy atom. The molecule has 4 rings (SSSR count). The van der Waals surface area contributed by atoms with Gasteiger partial charge in [-0.3, -0.25) is 4.79 Å². The second kappa shape index (κ2) is 8.42. The van der Waals surface area contributed by atoms with Gasteiger partial charge in [-0.15, -0.1) is 11.3 Å². The first kappa shape index (κ1) is 20.3. The molecule has 3 aromatic carbocycles. The van der Waals surface area contributed by atoms with E-state index >= 15 is 0 Å². The standard InChI is InChI=1S/C20H11Cl3N2O2S2/c21-11-8-13(23)18(26)15(9-11)24-19(27)10-5-6-16(12(22)7-10)28-20-25-14-3-1-2-4-17(14)29-20/h1-9,26H,(H,24,27). The summed E-state index contributed by atoms with van der Waals surface area (Å²) in [5, 5.41) is 13.4. The molecule has 0 spiro atoms. The van der Waals surface area contributed by atoms with Crippen molar-refractivity contribution < 1.29 is 9.90 Å². The monoisotopic (exact) mass is 480 g/mol. The van der Waals surface area contributed by atoms with Gasteiger partial charge in [0, 0.05) is 15.5 Å². The van der Waals surface area contributed by atoms with Crippen LogP contribution in [0.4, 0.5) is 5.69 Å². The van der Waals surface area contributed by atoms with Crippen LogP contribution in [-0.4, -0.2) is 16.0 Å². The molecule has 0 aliphatic heterocycles. The number of anilines is 1. The van der Waals surface area contributed by atoms with Crippen LogP contribution in [0.15, 0.2) is 63.8 Å². The highest BCUT2D eigenvalue weighted by molar-refractivity contribution is 8.01. The molecule has 0 radical (unpaired) electrons. The molecule has 0 unspecified atom stereocenters. The SMILES string of the molecule is O=C(Nc1cc(Cl)cc(Cl)c1O)c1ccc(Sc2nc3ccccc3s2)c(Cl)c1. The fourth-order valence-electron chi connectivity index (χ4n) is 2.57. The number of phenolic OH excluding ortho intramolecular Hbond substituents is 1. The number of para-hydroxylation sites is 1. The van der Waals surface area contributed by atoms with E-state index in [1.807, 2.05) is 24.3 Å². The summed E-state index contributed by atoms with van der Waals surface area (Å²) in [6.45, 7) is 0. The number of nitrogens with zero attached hydrogens (tertiary/aromatic N) is 1. The number of aromatic hydroxyl groups is 1. The van der Waals surface area contributed by atoms with Gasteiger partial charge in [-0.2, -0.15) is 0 Å². The molecule has 0 fully saturated rings. The van der Waals surface area contributed by atoms with Gasteiger partial charge in [-0.05, 0) is 42.5 Å². The van der Waals surface area contributed by atoms with Gasteiger partial charge in [0.15, 0.2) is 10.1 Å². The van der Waals surface area contributed by atoms with Gasteiger partial charge in [0.1, 0.15) is 0 Å². The molecule has 0 saturated carbocycles. The van der Waals surface area contributed by atoms with E-state index in [2.05, 4.69) is 10.3 Å². The minimum atomic E-state index is -0.447. The quantitative estimate of drug-likeness (QED) is 0.299. The number of hydrogen-bond donors (Lipinski definition) is 2. The predicted molar refractivity (Wildman–Crippen MR) is 121 cm³/mol. The Labute approximate surface area is 189 Å². The fraction of sp³-hybridized carbons (Fsp3) is 0. The number of benzene rings is 3. The Balaban J connectivity index is 1.54. The minimum Gasteiger partial charge on any atom is -0.504 e. The Hall–Kier alpha value is -1.96. The van der Waals surface area contributed by atoms with Crippen LogP contribution in [0.25, 0.3) is 10.2 Å². The lowest BCUT2D eigenvalue weighted by molar-refractivity contribution is 0.102. The molecular weight excluding hydrogens is 471 g/mol. The lowest BCUT2D eigenvalue weighted by Gasteiger charge is -2.10. The van der Waals surface area contributed by atoms with Crippen LogP contribution >= 0.6 is 57.9 Å². The first-order chi connectivity index (χ1) is 13.9. The van der Waals surface area contributed by atoms with Crippen LogP contribution in [0.5, 0.6) is 5.75 Å². The number of carbonyl (C=O) groups is 1. The zero-order valence-corrected chi connectivity index (χ0v) is 18.3. The number of amides is 1. The van der Waals surface area contributed by atoms with Crippen LogP contribution in [0.3, 0.4) is 0 Å². The van der Waals surface area contributed by atoms with Crippen molar-refractivity contribution in [1.82, 2.24) is 4.98 Å². The number of carbonyl (C=O) groups excluding carboxylic acids is 1. The molecule has 1 aromatic heterocycles. The van der Waals surface area contributed by atoms with Crippen LogP contribution in [-0.2, 0) is 0 Å². The van der Waals surface area contributed by atoms with Crippen molar-refractivity contribution in [1.29, 1.82) is 0 Å². The number of fused-ring (bicyclic) bond motifs is 1. The Morgan fingerprint density at radius 3 is 2.59 bits per heavy atom. The van der Waals surface area contributed by atoms with Gasteiger partial charge >= 0.3 is 0 Å². The van der Waals surface area contributed by atoms with Gasteiger partial charge in [-0.1, -0.05) is 58.7 Å². The number of rotatable bonds is 4. The zero-order valence-electron chi connectivity index (χ0n) is 14.4. The second-order valence-electron chi connectivity index (χ2n) is 5.93. The summed E-state index contributed by atoms with van der Waals surface area (Å²) in [5.74, 6) is -0.699. The molecule has 9 heteroatoms. The van der Waals surface area contributed by atoms with Crippen molar-refractivity contribution in [3.05, 3.63) is 75.2 Å². The maximum Gasteiger partial charge on any atom is 0.255 e. The highest BCUT2D eigenvalue weighted by atomic mass is 35.5. The van der Waals surface area contributed by atoms with E-state index in [0.717, 1.165) is 19.5 Å². The zero-order chi connectivity index (χ0) is 20.5. The average molecular weight is 482 g/mol. The molecule has 0 aliphatic rings. The van der Waals surface area contributed by atoms with Crippen LogP contribution in [0.2, 0.25) is 15.1 Å². The van der Waals surface area contributed by atoms with Crippen molar-refractivity contribution in [2.45, 2.75) is 9.24 Å². The summed E-state index contributed by atoms with van der Waals surface area (Å²) in [5.41, 5.74) is 1.39. The van der Waals surface area contributed by atoms with Gasteiger partial charge in [0.25, 0.3) is 5.91 Å². The molecule has 0 bridgehead atoms. The van der Waals surface area contributed by atoms with E-state index in [4.69, 9.17) is 34.8 Å². The lowest BCUT2D eigenvalue weighted by Crippen LogP contribution is -2.12. The summed E-state index contributed by atoms with van der Waals surface area (Å²) >= 11 is 21.2. The van der Waals surface area contributed by atoms with Crippen LogP contribution in [0.1, 0.15) is 10.4 Å². The van der Waals surface area contributed by atoms with Crippen molar-refractivity contribution in [2.75, 3.05) is 5.32 Å². The van der Waals surface area contributed by atoms with E-state index in [-0.39, 0.29) is 16.5 Å². The lowest BCUT2D eigenvalue weighted by atomic mass is 10.2. The third kappa shape index (κ3) is 4.47. The first-order valence-electron chi connectivity index (χ1n) is 8.23. The molecule has 146 valence electrons. The molecule has 4 nitrogen and oxygen atoms in total. The molecule has 2 N–H and O–H groups in total. The Kier molecular flexibility index (Phi) is 5.90. The molecule has 29 heavy (non-hydrogen) atoms. The topological polar surface area (TPSA) is 62.2 Å². The second-order valence-corrected chi connectivity index (χ2v) is 9.50.